The molecule has 0 radical (unpaired) electrons. The number of nitrogens with zero attached hydrogens (tertiary/aromatic N) is 1. The molecular weight excluding hydrogens is 418 g/mol. The largest absolute Gasteiger partial charge is 0.492 e. The maximum atomic E-state index is 13.8. The number of likely N-dealkylation sites (tertiary alicyclic amines) is 1. The molecule has 33 heavy (non-hydrogen) atoms. The van der Waals surface area contributed by atoms with Gasteiger partial charge in [0, 0.05) is 29.2 Å². The van der Waals surface area contributed by atoms with Gasteiger partial charge in [-0.05, 0) is 85.8 Å². The van der Waals surface area contributed by atoms with Crippen LogP contribution < -0.4 is 4.74 Å². The van der Waals surface area contributed by atoms with Crippen LogP contribution >= 0.6 is 0 Å². The Morgan fingerprint density at radius 2 is 1.67 bits per heavy atom. The number of hydrogen-bond donors (Lipinski definition) is 1. The first-order valence-corrected chi connectivity index (χ1v) is 11.6. The van der Waals surface area contributed by atoms with Gasteiger partial charge in [-0.25, -0.2) is 8.78 Å². The van der Waals surface area contributed by atoms with E-state index < -0.39 is 0 Å². The van der Waals surface area contributed by atoms with E-state index in [9.17, 15) is 8.78 Å². The Balaban J connectivity index is 1.13. The van der Waals surface area contributed by atoms with Gasteiger partial charge < -0.3 is 9.72 Å². The van der Waals surface area contributed by atoms with Gasteiger partial charge in [-0.3, -0.25) is 4.90 Å². The van der Waals surface area contributed by atoms with Crippen molar-refractivity contribution in [2.75, 3.05) is 26.2 Å². The predicted octanol–water partition coefficient (Wildman–Crippen LogP) is 6.45. The number of piperidine rings is 1. The number of ether oxygens (including phenoxy) is 1. The minimum atomic E-state index is -0.263. The highest BCUT2D eigenvalue weighted by molar-refractivity contribution is 5.83. The number of H-pyrrole nitrogens is 1. The summed E-state index contributed by atoms with van der Waals surface area (Å²) in [5, 5.41) is 0.999. The zero-order valence-corrected chi connectivity index (χ0v) is 18.6. The summed E-state index contributed by atoms with van der Waals surface area (Å²) < 4.78 is 33.6. The number of fused-ring (bicyclic) bond motifs is 1. The first-order chi connectivity index (χ1) is 16.2. The molecule has 1 saturated heterocycles. The molecule has 0 aliphatic carbocycles. The van der Waals surface area contributed by atoms with Crippen molar-refractivity contribution < 1.29 is 13.5 Å². The molecule has 0 amide bonds. The number of rotatable bonds is 7. The molecule has 3 aromatic carbocycles. The third kappa shape index (κ3) is 5.09. The van der Waals surface area contributed by atoms with E-state index in [0.717, 1.165) is 60.9 Å². The maximum Gasteiger partial charge on any atom is 0.127 e. The van der Waals surface area contributed by atoms with Crippen molar-refractivity contribution >= 4 is 10.9 Å². The van der Waals surface area contributed by atoms with Crippen molar-refractivity contribution in [1.29, 1.82) is 0 Å². The SMILES string of the molecule is Fc1ccc(OCCN2CCC(Cc3c[nH]c4ccc(F)cc34)CC2)c(-c2ccccc2)c1. The zero-order valence-electron chi connectivity index (χ0n) is 18.6. The zero-order chi connectivity index (χ0) is 22.6. The first-order valence-electron chi connectivity index (χ1n) is 11.6. The van der Waals surface area contributed by atoms with E-state index in [4.69, 9.17) is 4.74 Å². The van der Waals surface area contributed by atoms with Crippen molar-refractivity contribution in [2.45, 2.75) is 19.3 Å². The van der Waals surface area contributed by atoms with Crippen LogP contribution in [-0.4, -0.2) is 36.1 Å². The van der Waals surface area contributed by atoms with Crippen LogP contribution in [0.1, 0.15) is 18.4 Å². The molecule has 0 saturated carbocycles. The number of benzene rings is 3. The van der Waals surface area contributed by atoms with Crippen LogP contribution in [0.2, 0.25) is 0 Å². The normalized spacial score (nSPS) is 15.2. The molecule has 4 aromatic rings. The topological polar surface area (TPSA) is 28.3 Å². The monoisotopic (exact) mass is 446 g/mol. The van der Waals surface area contributed by atoms with E-state index >= 15 is 0 Å². The van der Waals surface area contributed by atoms with Gasteiger partial charge in [0.2, 0.25) is 0 Å². The summed E-state index contributed by atoms with van der Waals surface area (Å²) in [6.07, 6.45) is 5.24. The van der Waals surface area contributed by atoms with Gasteiger partial charge in [-0.2, -0.15) is 0 Å². The van der Waals surface area contributed by atoms with Crippen molar-refractivity contribution in [2.24, 2.45) is 5.92 Å². The number of nitrogens with one attached hydrogen (secondary N) is 1. The molecule has 0 bridgehead atoms. The van der Waals surface area contributed by atoms with E-state index in [1.165, 1.54) is 23.8 Å². The lowest BCUT2D eigenvalue weighted by Gasteiger charge is -2.31. The highest BCUT2D eigenvalue weighted by Gasteiger charge is 2.21. The lowest BCUT2D eigenvalue weighted by molar-refractivity contribution is 0.155. The smallest absolute Gasteiger partial charge is 0.127 e. The van der Waals surface area contributed by atoms with Crippen LogP contribution in [0.3, 0.4) is 0 Å². The Labute approximate surface area is 193 Å². The molecule has 1 aliphatic heterocycles. The minimum Gasteiger partial charge on any atom is -0.492 e. The van der Waals surface area contributed by atoms with Crippen LogP contribution in [0.15, 0.2) is 72.9 Å². The molecule has 1 N–H and O–H groups in total. The summed E-state index contributed by atoms with van der Waals surface area (Å²) >= 11 is 0. The Morgan fingerprint density at radius 3 is 2.48 bits per heavy atom. The van der Waals surface area contributed by atoms with E-state index in [-0.39, 0.29) is 11.6 Å². The Bertz CT molecular complexity index is 1210. The summed E-state index contributed by atoms with van der Waals surface area (Å²) in [5.74, 6) is 0.867. The lowest BCUT2D eigenvalue weighted by Crippen LogP contribution is -2.37. The minimum absolute atomic E-state index is 0.185. The predicted molar refractivity (Wildman–Crippen MR) is 128 cm³/mol. The second-order valence-electron chi connectivity index (χ2n) is 8.85. The van der Waals surface area contributed by atoms with Crippen molar-refractivity contribution in [3.8, 4) is 16.9 Å². The van der Waals surface area contributed by atoms with Crippen molar-refractivity contribution in [3.05, 3.63) is 90.1 Å². The van der Waals surface area contributed by atoms with Crippen LogP contribution in [0.25, 0.3) is 22.0 Å². The van der Waals surface area contributed by atoms with Crippen LogP contribution in [0.5, 0.6) is 5.75 Å². The fraction of sp³-hybridized carbons (Fsp3) is 0.286. The van der Waals surface area contributed by atoms with E-state index in [2.05, 4.69) is 9.88 Å². The Kier molecular flexibility index (Phi) is 6.40. The van der Waals surface area contributed by atoms with Crippen LogP contribution in [-0.2, 0) is 6.42 Å². The number of aromatic amines is 1. The van der Waals surface area contributed by atoms with Gasteiger partial charge >= 0.3 is 0 Å². The van der Waals surface area contributed by atoms with E-state index in [1.54, 1.807) is 18.2 Å². The van der Waals surface area contributed by atoms with Gasteiger partial charge in [0.15, 0.2) is 0 Å². The molecule has 1 fully saturated rings. The summed E-state index contributed by atoms with van der Waals surface area (Å²) in [5.41, 5.74) is 3.93. The fourth-order valence-corrected chi connectivity index (χ4v) is 4.80. The van der Waals surface area contributed by atoms with Gasteiger partial charge in [0.1, 0.15) is 24.0 Å². The second kappa shape index (κ2) is 9.75. The van der Waals surface area contributed by atoms with Gasteiger partial charge in [-0.15, -0.1) is 0 Å². The summed E-state index contributed by atoms with van der Waals surface area (Å²) in [7, 11) is 0. The highest BCUT2D eigenvalue weighted by Crippen LogP contribution is 2.31. The number of hydrogen-bond acceptors (Lipinski definition) is 2. The van der Waals surface area contributed by atoms with Crippen molar-refractivity contribution in [1.82, 2.24) is 9.88 Å². The van der Waals surface area contributed by atoms with Gasteiger partial charge in [-0.1, -0.05) is 30.3 Å². The summed E-state index contributed by atoms with van der Waals surface area (Å²) in [6.45, 7) is 3.47. The Morgan fingerprint density at radius 1 is 0.909 bits per heavy atom. The maximum absolute atomic E-state index is 13.8. The van der Waals surface area contributed by atoms with Gasteiger partial charge in [0.25, 0.3) is 0 Å². The van der Waals surface area contributed by atoms with Gasteiger partial charge in [0.05, 0.1) is 0 Å². The number of aromatic nitrogens is 1. The molecule has 5 rings (SSSR count). The Hall–Kier alpha value is -3.18. The molecule has 1 aliphatic rings. The molecule has 0 atom stereocenters. The lowest BCUT2D eigenvalue weighted by atomic mass is 9.90. The average molecular weight is 447 g/mol. The van der Waals surface area contributed by atoms with E-state index in [1.807, 2.05) is 36.5 Å². The fourth-order valence-electron chi connectivity index (χ4n) is 4.80. The summed E-state index contributed by atoms with van der Waals surface area (Å²) in [4.78, 5) is 5.69. The third-order valence-electron chi connectivity index (χ3n) is 6.64. The molecule has 2 heterocycles. The molecule has 0 spiro atoms. The molecule has 170 valence electrons. The molecule has 1 aromatic heterocycles. The summed E-state index contributed by atoms with van der Waals surface area (Å²) in [6, 6.07) is 19.4. The number of halogens is 2. The standard InChI is InChI=1S/C28H28F2N2O/c29-23-6-8-27-25(17-23)22(19-31-27)16-20-10-12-32(13-11-20)14-15-33-28-9-7-24(30)18-26(28)21-4-2-1-3-5-21/h1-9,17-20,31H,10-16H2. The molecule has 0 unspecified atom stereocenters. The second-order valence-corrected chi connectivity index (χ2v) is 8.85. The molecule has 5 heteroatoms. The average Bonchev–Trinajstić information content (AvgIpc) is 3.23. The van der Waals surface area contributed by atoms with Crippen LogP contribution in [0, 0.1) is 17.6 Å². The third-order valence-corrected chi connectivity index (χ3v) is 6.64. The quantitative estimate of drug-likeness (QED) is 0.354. The highest BCUT2D eigenvalue weighted by atomic mass is 19.1. The van der Waals surface area contributed by atoms with Crippen LogP contribution in [0.4, 0.5) is 8.78 Å². The molecule has 3 nitrogen and oxygen atoms in total. The van der Waals surface area contributed by atoms with E-state index in [0.29, 0.717) is 18.3 Å². The van der Waals surface area contributed by atoms with Crippen molar-refractivity contribution in [3.63, 3.8) is 0 Å². The molecular formula is C28H28F2N2O. The first kappa shape index (κ1) is 21.7.